The number of fused-ring (bicyclic) bond motifs is 11. The number of nitrogens with zero attached hydrogens (tertiary/aromatic N) is 3. The lowest BCUT2D eigenvalue weighted by Gasteiger charge is -2.11. The molecule has 0 saturated heterocycles. The average Bonchev–Trinajstić information content (AvgIpc) is 3.95. The maximum absolute atomic E-state index is 6.64. The van der Waals surface area contributed by atoms with Crippen molar-refractivity contribution in [3.8, 4) is 45.3 Å². The van der Waals surface area contributed by atoms with E-state index in [1.165, 1.54) is 0 Å². The van der Waals surface area contributed by atoms with Crippen LogP contribution in [-0.4, -0.2) is 15.0 Å². The molecule has 0 bridgehead atoms. The van der Waals surface area contributed by atoms with Crippen molar-refractivity contribution in [3.05, 3.63) is 164 Å². The summed E-state index contributed by atoms with van der Waals surface area (Å²) in [7, 11) is 0. The summed E-state index contributed by atoms with van der Waals surface area (Å²) in [5, 5.41) is 8.31. The minimum Gasteiger partial charge on any atom is -0.456 e. The highest BCUT2D eigenvalue weighted by Crippen LogP contribution is 2.42. The molecule has 0 saturated carbocycles. The summed E-state index contributed by atoms with van der Waals surface area (Å²) in [5.41, 5.74) is 9.67. The number of benzene rings is 8. The molecule has 256 valence electrons. The summed E-state index contributed by atoms with van der Waals surface area (Å²) >= 11 is 0. The molecule has 6 heteroatoms. The topological polar surface area (TPSA) is 78.1 Å². The summed E-state index contributed by atoms with van der Waals surface area (Å²) in [5.74, 6) is 1.68. The maximum atomic E-state index is 6.64. The van der Waals surface area contributed by atoms with E-state index < -0.39 is 0 Å². The number of aromatic nitrogens is 3. The van der Waals surface area contributed by atoms with Crippen molar-refractivity contribution in [3.63, 3.8) is 0 Å². The van der Waals surface area contributed by atoms with Crippen LogP contribution in [0.5, 0.6) is 0 Å². The van der Waals surface area contributed by atoms with Crippen molar-refractivity contribution in [1.82, 2.24) is 15.0 Å². The molecule has 0 spiro atoms. The molecular formula is C49H27N3O3. The standard InChI is InChI=1S/C49H27N3O3/c1-2-11-28(12-3-1)32-15-8-16-35-45-37(18-10-22-41(45)55-46(32)35)49-51-47(50-48(52-49)36-17-9-21-40-44(36)34-14-5-7-20-39(34)53-40)30-23-25-31-29(27-30)24-26-42-43(31)33-13-4-6-19-38(33)54-42/h1-27H. The van der Waals surface area contributed by atoms with Gasteiger partial charge in [-0.15, -0.1) is 0 Å². The van der Waals surface area contributed by atoms with Gasteiger partial charge in [-0.1, -0.05) is 127 Å². The van der Waals surface area contributed by atoms with Gasteiger partial charge in [0.05, 0.1) is 0 Å². The van der Waals surface area contributed by atoms with Crippen LogP contribution < -0.4 is 0 Å². The van der Waals surface area contributed by atoms with Gasteiger partial charge in [-0.25, -0.2) is 15.0 Å². The van der Waals surface area contributed by atoms with Gasteiger partial charge >= 0.3 is 0 Å². The second-order valence-corrected chi connectivity index (χ2v) is 13.9. The van der Waals surface area contributed by atoms with Crippen LogP contribution >= 0.6 is 0 Å². The average molecular weight is 706 g/mol. The first-order valence-corrected chi connectivity index (χ1v) is 18.3. The molecule has 55 heavy (non-hydrogen) atoms. The van der Waals surface area contributed by atoms with E-state index in [0.29, 0.717) is 17.5 Å². The molecule has 0 N–H and O–H groups in total. The first-order chi connectivity index (χ1) is 27.2. The van der Waals surface area contributed by atoms with Gasteiger partial charge in [-0.05, 0) is 52.7 Å². The Bertz CT molecular complexity index is 3500. The van der Waals surface area contributed by atoms with Crippen molar-refractivity contribution in [2.75, 3.05) is 0 Å². The van der Waals surface area contributed by atoms with Gasteiger partial charge in [-0.3, -0.25) is 0 Å². The van der Waals surface area contributed by atoms with Crippen LogP contribution in [0.15, 0.2) is 177 Å². The van der Waals surface area contributed by atoms with Gasteiger partial charge in [-0.2, -0.15) is 0 Å². The highest BCUT2D eigenvalue weighted by atomic mass is 16.3. The Morgan fingerprint density at radius 2 is 0.855 bits per heavy atom. The number of para-hydroxylation sites is 3. The third kappa shape index (κ3) is 4.52. The zero-order chi connectivity index (χ0) is 36.0. The first-order valence-electron chi connectivity index (χ1n) is 18.3. The number of furan rings is 3. The maximum Gasteiger partial charge on any atom is 0.164 e. The van der Waals surface area contributed by atoms with Crippen LogP contribution in [0.25, 0.3) is 122 Å². The third-order valence-electron chi connectivity index (χ3n) is 10.7. The predicted molar refractivity (Wildman–Crippen MR) is 221 cm³/mol. The number of hydrogen-bond acceptors (Lipinski definition) is 6. The van der Waals surface area contributed by atoms with Gasteiger partial charge in [0.1, 0.15) is 33.5 Å². The van der Waals surface area contributed by atoms with Crippen LogP contribution in [0.1, 0.15) is 0 Å². The summed E-state index contributed by atoms with van der Waals surface area (Å²) in [6.45, 7) is 0. The fourth-order valence-corrected chi connectivity index (χ4v) is 8.28. The Morgan fingerprint density at radius 3 is 1.60 bits per heavy atom. The van der Waals surface area contributed by atoms with Crippen LogP contribution in [0.3, 0.4) is 0 Å². The Labute approximate surface area is 312 Å². The lowest BCUT2D eigenvalue weighted by atomic mass is 10.00. The normalized spacial score (nSPS) is 12.0. The molecule has 4 heterocycles. The van der Waals surface area contributed by atoms with E-state index in [9.17, 15) is 0 Å². The molecular weight excluding hydrogens is 679 g/mol. The van der Waals surface area contributed by atoms with Crippen molar-refractivity contribution in [2.45, 2.75) is 0 Å². The van der Waals surface area contributed by atoms with E-state index in [1.54, 1.807) is 0 Å². The van der Waals surface area contributed by atoms with Gasteiger partial charge in [0, 0.05) is 54.6 Å². The van der Waals surface area contributed by atoms with E-state index in [-0.39, 0.29) is 0 Å². The molecule has 0 radical (unpaired) electrons. The number of hydrogen-bond donors (Lipinski definition) is 0. The number of rotatable bonds is 4. The van der Waals surface area contributed by atoms with E-state index in [0.717, 1.165) is 104 Å². The SMILES string of the molecule is c1ccc(-c2cccc3c2oc2cccc(-c4nc(-c5ccc6c(ccc7oc8ccccc8c76)c5)nc(-c5cccc6oc7ccccc7c56)n4)c23)cc1. The molecule has 0 atom stereocenters. The first kappa shape index (κ1) is 29.9. The van der Waals surface area contributed by atoms with Gasteiger partial charge in [0.2, 0.25) is 0 Å². The Kier molecular flexibility index (Phi) is 6.24. The smallest absolute Gasteiger partial charge is 0.164 e. The summed E-state index contributed by atoms with van der Waals surface area (Å²) < 4.78 is 19.2. The second kappa shape index (κ2) is 11.5. The molecule has 0 amide bonds. The van der Waals surface area contributed by atoms with Crippen LogP contribution in [0.4, 0.5) is 0 Å². The molecule has 0 fully saturated rings. The molecule has 12 aromatic rings. The van der Waals surface area contributed by atoms with Crippen molar-refractivity contribution < 1.29 is 13.3 Å². The van der Waals surface area contributed by atoms with Gasteiger partial charge in [0.15, 0.2) is 17.5 Å². The molecule has 0 unspecified atom stereocenters. The van der Waals surface area contributed by atoms with Gasteiger partial charge in [0.25, 0.3) is 0 Å². The van der Waals surface area contributed by atoms with Crippen LogP contribution in [-0.2, 0) is 0 Å². The Morgan fingerprint density at radius 1 is 0.309 bits per heavy atom. The largest absolute Gasteiger partial charge is 0.456 e. The lowest BCUT2D eigenvalue weighted by molar-refractivity contribution is 0.668. The minimum absolute atomic E-state index is 0.555. The van der Waals surface area contributed by atoms with E-state index >= 15 is 0 Å². The zero-order valence-electron chi connectivity index (χ0n) is 29.2. The van der Waals surface area contributed by atoms with Crippen LogP contribution in [0, 0.1) is 0 Å². The fraction of sp³-hybridized carbons (Fsp3) is 0. The van der Waals surface area contributed by atoms with Crippen molar-refractivity contribution in [1.29, 1.82) is 0 Å². The molecule has 6 nitrogen and oxygen atoms in total. The highest BCUT2D eigenvalue weighted by Gasteiger charge is 2.22. The van der Waals surface area contributed by atoms with Crippen LogP contribution in [0.2, 0.25) is 0 Å². The molecule has 4 aromatic heterocycles. The fourth-order valence-electron chi connectivity index (χ4n) is 8.28. The predicted octanol–water partition coefficient (Wildman–Crippen LogP) is 13.4. The van der Waals surface area contributed by atoms with E-state index in [1.807, 2.05) is 84.9 Å². The highest BCUT2D eigenvalue weighted by molar-refractivity contribution is 6.19. The quantitative estimate of drug-likeness (QED) is 0.181. The molecule has 0 aliphatic heterocycles. The summed E-state index contributed by atoms with van der Waals surface area (Å²) in [6, 6.07) is 55.6. The van der Waals surface area contributed by atoms with E-state index in [4.69, 9.17) is 28.2 Å². The second-order valence-electron chi connectivity index (χ2n) is 13.9. The summed E-state index contributed by atoms with van der Waals surface area (Å²) in [6.07, 6.45) is 0. The Hall–Kier alpha value is -7.57. The monoisotopic (exact) mass is 705 g/mol. The molecule has 12 rings (SSSR count). The van der Waals surface area contributed by atoms with Crippen molar-refractivity contribution in [2.24, 2.45) is 0 Å². The molecule has 0 aliphatic rings. The third-order valence-corrected chi connectivity index (χ3v) is 10.7. The van der Waals surface area contributed by atoms with Gasteiger partial charge < -0.3 is 13.3 Å². The van der Waals surface area contributed by atoms with E-state index in [2.05, 4.69) is 78.9 Å². The molecule has 8 aromatic carbocycles. The molecule has 0 aliphatic carbocycles. The van der Waals surface area contributed by atoms with Crippen molar-refractivity contribution >= 4 is 76.6 Å². The Balaban J connectivity index is 1.12. The minimum atomic E-state index is 0.555. The lowest BCUT2D eigenvalue weighted by Crippen LogP contribution is -2.00. The summed E-state index contributed by atoms with van der Waals surface area (Å²) in [4.78, 5) is 15.7. The zero-order valence-corrected chi connectivity index (χ0v) is 29.2.